The van der Waals surface area contributed by atoms with E-state index < -0.39 is 0 Å². The number of amides is 1. The predicted octanol–water partition coefficient (Wildman–Crippen LogP) is 1.45. The van der Waals surface area contributed by atoms with Gasteiger partial charge in [-0.25, -0.2) is 0 Å². The van der Waals surface area contributed by atoms with Gasteiger partial charge in [-0.15, -0.1) is 12.4 Å². The SMILES string of the molecule is CCc1onc(C)c1C(=O)NCC1CCCN1.Cl. The number of halogens is 1. The first kappa shape index (κ1) is 15.0. The van der Waals surface area contributed by atoms with E-state index in [1.165, 1.54) is 6.42 Å². The van der Waals surface area contributed by atoms with Gasteiger partial charge in [-0.2, -0.15) is 0 Å². The van der Waals surface area contributed by atoms with Gasteiger partial charge < -0.3 is 15.2 Å². The molecule has 1 aliphatic heterocycles. The van der Waals surface area contributed by atoms with Crippen LogP contribution < -0.4 is 10.6 Å². The van der Waals surface area contributed by atoms with E-state index in [-0.39, 0.29) is 18.3 Å². The van der Waals surface area contributed by atoms with Crippen LogP contribution in [0.1, 0.15) is 41.6 Å². The average molecular weight is 274 g/mol. The Morgan fingerprint density at radius 2 is 2.39 bits per heavy atom. The molecule has 2 N–H and O–H groups in total. The molecule has 1 saturated heterocycles. The van der Waals surface area contributed by atoms with Crippen molar-refractivity contribution in [2.45, 2.75) is 39.2 Å². The van der Waals surface area contributed by atoms with Gasteiger partial charge in [0.2, 0.25) is 0 Å². The van der Waals surface area contributed by atoms with E-state index in [2.05, 4.69) is 15.8 Å². The molecule has 1 aromatic rings. The summed E-state index contributed by atoms with van der Waals surface area (Å²) >= 11 is 0. The lowest BCUT2D eigenvalue weighted by atomic mass is 10.1. The van der Waals surface area contributed by atoms with Crippen LogP contribution in [-0.2, 0) is 6.42 Å². The fourth-order valence-corrected chi connectivity index (χ4v) is 2.18. The highest BCUT2D eigenvalue weighted by molar-refractivity contribution is 5.96. The normalized spacial score (nSPS) is 18.4. The fraction of sp³-hybridized carbons (Fsp3) is 0.667. The zero-order valence-corrected chi connectivity index (χ0v) is 11.6. The number of carbonyl (C=O) groups excluding carboxylic acids is 1. The van der Waals surface area contributed by atoms with E-state index in [0.29, 0.717) is 36.0 Å². The molecule has 1 aliphatic rings. The lowest BCUT2D eigenvalue weighted by Gasteiger charge is -2.11. The molecule has 5 nitrogen and oxygen atoms in total. The molecule has 102 valence electrons. The Bertz CT molecular complexity index is 400. The van der Waals surface area contributed by atoms with Crippen LogP contribution in [0, 0.1) is 6.92 Å². The molecule has 0 bridgehead atoms. The van der Waals surface area contributed by atoms with Gasteiger partial charge >= 0.3 is 0 Å². The third kappa shape index (κ3) is 3.23. The molecule has 0 spiro atoms. The summed E-state index contributed by atoms with van der Waals surface area (Å²) < 4.78 is 5.11. The van der Waals surface area contributed by atoms with Gasteiger partial charge in [-0.1, -0.05) is 12.1 Å². The van der Waals surface area contributed by atoms with Crippen LogP contribution >= 0.6 is 12.4 Å². The molecule has 1 atom stereocenters. The molecule has 1 aromatic heterocycles. The van der Waals surface area contributed by atoms with Gasteiger partial charge in [-0.05, 0) is 26.3 Å². The highest BCUT2D eigenvalue weighted by atomic mass is 35.5. The van der Waals surface area contributed by atoms with E-state index in [1.54, 1.807) is 6.92 Å². The molecule has 0 saturated carbocycles. The maximum atomic E-state index is 12.0. The second-order valence-corrected chi connectivity index (χ2v) is 4.42. The second-order valence-electron chi connectivity index (χ2n) is 4.42. The average Bonchev–Trinajstić information content (AvgIpc) is 2.94. The van der Waals surface area contributed by atoms with Crippen molar-refractivity contribution in [3.63, 3.8) is 0 Å². The number of aromatic nitrogens is 1. The zero-order chi connectivity index (χ0) is 12.3. The Morgan fingerprint density at radius 1 is 1.61 bits per heavy atom. The first-order chi connectivity index (χ1) is 8.22. The number of hydrogen-bond donors (Lipinski definition) is 2. The quantitative estimate of drug-likeness (QED) is 0.871. The summed E-state index contributed by atoms with van der Waals surface area (Å²) in [5, 5.41) is 10.1. The third-order valence-corrected chi connectivity index (χ3v) is 3.15. The van der Waals surface area contributed by atoms with Crippen LogP contribution in [0.4, 0.5) is 0 Å². The van der Waals surface area contributed by atoms with Crippen LogP contribution in [0.5, 0.6) is 0 Å². The highest BCUT2D eigenvalue weighted by Crippen LogP contribution is 2.14. The predicted molar refractivity (Wildman–Crippen MR) is 71.2 cm³/mol. The topological polar surface area (TPSA) is 67.2 Å². The number of nitrogens with one attached hydrogen (secondary N) is 2. The number of carbonyl (C=O) groups is 1. The van der Waals surface area contributed by atoms with Gasteiger partial charge in [0.25, 0.3) is 5.91 Å². The molecule has 1 amide bonds. The molecular formula is C12H20ClN3O2. The lowest BCUT2D eigenvalue weighted by Crippen LogP contribution is -2.37. The van der Waals surface area contributed by atoms with E-state index in [0.717, 1.165) is 13.0 Å². The lowest BCUT2D eigenvalue weighted by molar-refractivity contribution is 0.0948. The molecular weight excluding hydrogens is 254 g/mol. The van der Waals surface area contributed by atoms with Crippen LogP contribution in [0.3, 0.4) is 0 Å². The third-order valence-electron chi connectivity index (χ3n) is 3.15. The summed E-state index contributed by atoms with van der Waals surface area (Å²) in [5.41, 5.74) is 1.27. The van der Waals surface area contributed by atoms with E-state index in [9.17, 15) is 4.79 Å². The van der Waals surface area contributed by atoms with Gasteiger partial charge in [0.05, 0.1) is 5.69 Å². The second kappa shape index (κ2) is 6.75. The molecule has 0 aliphatic carbocycles. The zero-order valence-electron chi connectivity index (χ0n) is 10.8. The van der Waals surface area contributed by atoms with Crippen LogP contribution in [0.25, 0.3) is 0 Å². The van der Waals surface area contributed by atoms with Crippen molar-refractivity contribution in [1.82, 2.24) is 15.8 Å². The van der Waals surface area contributed by atoms with Gasteiger partial charge in [0.15, 0.2) is 0 Å². The number of hydrogen-bond acceptors (Lipinski definition) is 4. The largest absolute Gasteiger partial charge is 0.360 e. The molecule has 0 aromatic carbocycles. The number of rotatable bonds is 4. The Morgan fingerprint density at radius 3 is 3.00 bits per heavy atom. The molecule has 0 radical (unpaired) electrons. The van der Waals surface area contributed by atoms with Crippen LogP contribution in [-0.4, -0.2) is 30.2 Å². The Kier molecular flexibility index (Phi) is 5.62. The molecule has 18 heavy (non-hydrogen) atoms. The van der Waals surface area contributed by atoms with Crippen LogP contribution in [0.2, 0.25) is 0 Å². The maximum Gasteiger partial charge on any atom is 0.256 e. The van der Waals surface area contributed by atoms with Gasteiger partial charge in [-0.3, -0.25) is 4.79 Å². The molecule has 6 heteroatoms. The van der Waals surface area contributed by atoms with E-state index in [1.807, 2.05) is 6.92 Å². The smallest absolute Gasteiger partial charge is 0.256 e. The first-order valence-electron chi connectivity index (χ1n) is 6.19. The first-order valence-corrected chi connectivity index (χ1v) is 6.19. The Labute approximate surface area is 113 Å². The van der Waals surface area contributed by atoms with Crippen molar-refractivity contribution in [2.75, 3.05) is 13.1 Å². The van der Waals surface area contributed by atoms with Crippen LogP contribution in [0.15, 0.2) is 4.52 Å². The molecule has 1 fully saturated rings. The van der Waals surface area contributed by atoms with E-state index in [4.69, 9.17) is 4.52 Å². The van der Waals surface area contributed by atoms with Crippen molar-refractivity contribution in [3.8, 4) is 0 Å². The van der Waals surface area contributed by atoms with Crippen molar-refractivity contribution < 1.29 is 9.32 Å². The van der Waals surface area contributed by atoms with Crippen molar-refractivity contribution >= 4 is 18.3 Å². The van der Waals surface area contributed by atoms with Gasteiger partial charge in [0.1, 0.15) is 11.3 Å². The minimum atomic E-state index is -0.0747. The van der Waals surface area contributed by atoms with Crippen molar-refractivity contribution in [3.05, 3.63) is 17.0 Å². The summed E-state index contributed by atoms with van der Waals surface area (Å²) in [6, 6.07) is 0.407. The summed E-state index contributed by atoms with van der Waals surface area (Å²) in [7, 11) is 0. The summed E-state index contributed by atoms with van der Waals surface area (Å²) in [6.45, 7) is 5.47. The molecule has 1 unspecified atom stereocenters. The summed E-state index contributed by atoms with van der Waals surface area (Å²) in [6.07, 6.45) is 3.00. The summed E-state index contributed by atoms with van der Waals surface area (Å²) in [4.78, 5) is 12.0. The molecule has 2 heterocycles. The maximum absolute atomic E-state index is 12.0. The van der Waals surface area contributed by atoms with Gasteiger partial charge in [0, 0.05) is 19.0 Å². The van der Waals surface area contributed by atoms with Crippen molar-refractivity contribution in [2.24, 2.45) is 0 Å². The standard InChI is InChI=1S/C12H19N3O2.ClH/c1-3-10-11(8(2)15-17-10)12(16)14-7-9-5-4-6-13-9;/h9,13H,3-7H2,1-2H3,(H,14,16);1H. The van der Waals surface area contributed by atoms with Crippen molar-refractivity contribution in [1.29, 1.82) is 0 Å². The fourth-order valence-electron chi connectivity index (χ4n) is 2.18. The van der Waals surface area contributed by atoms with E-state index >= 15 is 0 Å². The Balaban J connectivity index is 0.00000162. The highest BCUT2D eigenvalue weighted by Gasteiger charge is 2.20. The summed E-state index contributed by atoms with van der Waals surface area (Å²) in [5.74, 6) is 0.591. The monoisotopic (exact) mass is 273 g/mol. The number of nitrogens with zero attached hydrogens (tertiary/aromatic N) is 1. The minimum Gasteiger partial charge on any atom is -0.360 e. The molecule has 2 rings (SSSR count). The Hall–Kier alpha value is -1.07. The number of aryl methyl sites for hydroxylation is 2. The minimum absolute atomic E-state index is 0.